The second-order valence-corrected chi connectivity index (χ2v) is 9.97. The van der Waals surface area contributed by atoms with E-state index in [2.05, 4.69) is 33.2 Å². The summed E-state index contributed by atoms with van der Waals surface area (Å²) in [6.45, 7) is 7.39. The van der Waals surface area contributed by atoms with Gasteiger partial charge < -0.3 is 14.8 Å². The van der Waals surface area contributed by atoms with E-state index in [0.29, 0.717) is 16.6 Å². The molecule has 0 bridgehead atoms. The minimum absolute atomic E-state index is 0.143. The van der Waals surface area contributed by atoms with Gasteiger partial charge >= 0.3 is 0 Å². The number of thioether (sulfide) groups is 1. The van der Waals surface area contributed by atoms with Crippen molar-refractivity contribution in [3.8, 4) is 5.88 Å². The molecule has 1 N–H and O–H groups in total. The summed E-state index contributed by atoms with van der Waals surface area (Å²) >= 11 is 3.36. The number of thiophene rings is 1. The van der Waals surface area contributed by atoms with Crippen LogP contribution in [0.3, 0.4) is 0 Å². The Hall–Kier alpha value is -2.20. The third kappa shape index (κ3) is 4.76. The average molecular weight is 473 g/mol. The van der Waals surface area contributed by atoms with Crippen LogP contribution in [-0.4, -0.2) is 59.6 Å². The van der Waals surface area contributed by atoms with E-state index in [4.69, 9.17) is 9.47 Å². The van der Waals surface area contributed by atoms with Crippen molar-refractivity contribution >= 4 is 44.9 Å². The highest BCUT2D eigenvalue weighted by Gasteiger charge is 2.22. The molecule has 7 nitrogen and oxygen atoms in total. The van der Waals surface area contributed by atoms with Crippen LogP contribution in [0.1, 0.15) is 32.2 Å². The number of aryl methyl sites for hydroxylation is 1. The molecule has 1 aliphatic heterocycles. The lowest BCUT2D eigenvalue weighted by atomic mass is 10.1. The maximum Gasteiger partial charge on any atom is 0.266 e. The molecule has 1 fully saturated rings. The molecule has 0 radical (unpaired) electrons. The van der Waals surface area contributed by atoms with E-state index in [1.165, 1.54) is 28.4 Å². The number of carbonyl (C=O) groups is 1. The van der Waals surface area contributed by atoms with Crippen LogP contribution in [0.25, 0.3) is 10.2 Å². The second-order valence-electron chi connectivity index (χ2n) is 7.75. The number of hydrogen-bond acceptors (Lipinski definition) is 8. The van der Waals surface area contributed by atoms with Crippen LogP contribution in [0.4, 0.5) is 5.69 Å². The molecule has 0 saturated carbocycles. The van der Waals surface area contributed by atoms with Crippen LogP contribution in [-0.2, 0) is 17.9 Å². The molecule has 2 aromatic heterocycles. The van der Waals surface area contributed by atoms with Gasteiger partial charge in [0, 0.05) is 43.9 Å². The minimum Gasteiger partial charge on any atom is -0.480 e. The number of ether oxygens (including phenoxy) is 2. The second kappa shape index (κ2) is 10.2. The zero-order valence-corrected chi connectivity index (χ0v) is 20.5. The molecular formula is C23H28N4O3S2. The fourth-order valence-corrected chi connectivity index (χ4v) is 5.94. The van der Waals surface area contributed by atoms with Gasteiger partial charge in [0.1, 0.15) is 11.4 Å². The third-order valence-electron chi connectivity index (χ3n) is 5.67. The van der Waals surface area contributed by atoms with Crippen LogP contribution in [0.5, 0.6) is 5.88 Å². The topological polar surface area (TPSA) is 76.6 Å². The highest BCUT2D eigenvalue weighted by Crippen LogP contribution is 2.35. The maximum absolute atomic E-state index is 13.2. The zero-order valence-electron chi connectivity index (χ0n) is 18.9. The number of fused-ring (bicyclic) bond motifs is 1. The van der Waals surface area contributed by atoms with Crippen molar-refractivity contribution in [3.63, 3.8) is 0 Å². The first-order valence-corrected chi connectivity index (χ1v) is 12.5. The van der Waals surface area contributed by atoms with Crippen molar-refractivity contribution < 1.29 is 14.3 Å². The molecule has 3 heterocycles. The van der Waals surface area contributed by atoms with E-state index in [0.717, 1.165) is 46.7 Å². The summed E-state index contributed by atoms with van der Waals surface area (Å²) in [6.07, 6.45) is 0. The lowest BCUT2D eigenvalue weighted by molar-refractivity contribution is 0.103. The Morgan fingerprint density at radius 3 is 2.66 bits per heavy atom. The first kappa shape index (κ1) is 23.0. The summed E-state index contributed by atoms with van der Waals surface area (Å²) in [5, 5.41) is 3.89. The molecule has 1 aliphatic rings. The molecule has 0 unspecified atom stereocenters. The highest BCUT2D eigenvalue weighted by molar-refractivity contribution is 7.99. The number of methoxy groups -OCH3 is 2. The molecule has 1 aromatic carbocycles. The molecule has 0 aliphatic carbocycles. The van der Waals surface area contributed by atoms with Gasteiger partial charge in [-0.05, 0) is 36.6 Å². The molecule has 3 aromatic rings. The van der Waals surface area contributed by atoms with Crippen molar-refractivity contribution in [1.29, 1.82) is 0 Å². The molecule has 32 heavy (non-hydrogen) atoms. The van der Waals surface area contributed by atoms with Crippen LogP contribution >= 0.6 is 23.1 Å². The van der Waals surface area contributed by atoms with E-state index in [9.17, 15) is 4.79 Å². The molecule has 4 rings (SSSR count). The van der Waals surface area contributed by atoms with Gasteiger partial charge in [-0.15, -0.1) is 11.3 Å². The smallest absolute Gasteiger partial charge is 0.266 e. The standard InChI is InChI=1S/C23H28N4O3S2/c1-14-16(12-27-8-10-31-11-9-27)6-5-7-17(14)24-21(28)20-15(2)19-22(30-4)25-18(13-29-3)26-23(19)32-20/h5-7H,8-13H2,1-4H3,(H,24,28). The minimum atomic E-state index is -0.143. The summed E-state index contributed by atoms with van der Waals surface area (Å²) in [4.78, 5) is 26.0. The summed E-state index contributed by atoms with van der Waals surface area (Å²) in [7, 11) is 3.17. The number of amides is 1. The molecule has 0 atom stereocenters. The molecule has 0 spiro atoms. The van der Waals surface area contributed by atoms with E-state index in [1.807, 2.05) is 30.8 Å². The van der Waals surface area contributed by atoms with Gasteiger partial charge in [-0.25, -0.2) is 4.98 Å². The van der Waals surface area contributed by atoms with E-state index in [1.54, 1.807) is 14.2 Å². The molecular weight excluding hydrogens is 444 g/mol. The molecule has 170 valence electrons. The Labute approximate surface area is 196 Å². The zero-order chi connectivity index (χ0) is 22.7. The van der Waals surface area contributed by atoms with Crippen LogP contribution in [0.2, 0.25) is 0 Å². The highest BCUT2D eigenvalue weighted by atomic mass is 32.2. The van der Waals surface area contributed by atoms with Gasteiger partial charge in [0.05, 0.1) is 17.4 Å². The van der Waals surface area contributed by atoms with Crippen molar-refractivity contribution in [1.82, 2.24) is 14.9 Å². The first-order valence-electron chi connectivity index (χ1n) is 10.5. The number of rotatable bonds is 7. The van der Waals surface area contributed by atoms with Gasteiger partial charge in [-0.3, -0.25) is 9.69 Å². The Kier molecular flexibility index (Phi) is 7.30. The predicted molar refractivity (Wildman–Crippen MR) is 131 cm³/mol. The average Bonchev–Trinajstić information content (AvgIpc) is 3.13. The number of carbonyl (C=O) groups excluding carboxylic acids is 1. The largest absolute Gasteiger partial charge is 0.480 e. The lowest BCUT2D eigenvalue weighted by Gasteiger charge is -2.27. The summed E-state index contributed by atoms with van der Waals surface area (Å²) in [5.74, 6) is 3.21. The Morgan fingerprint density at radius 1 is 1.16 bits per heavy atom. The van der Waals surface area contributed by atoms with Crippen LogP contribution in [0.15, 0.2) is 18.2 Å². The first-order chi connectivity index (χ1) is 15.5. The third-order valence-corrected chi connectivity index (χ3v) is 7.80. The summed E-state index contributed by atoms with van der Waals surface area (Å²) < 4.78 is 10.6. The fourth-order valence-electron chi connectivity index (χ4n) is 3.87. The van der Waals surface area contributed by atoms with Crippen LogP contribution in [0, 0.1) is 13.8 Å². The Balaban J connectivity index is 1.60. The van der Waals surface area contributed by atoms with Gasteiger partial charge in [0.25, 0.3) is 5.91 Å². The van der Waals surface area contributed by atoms with Crippen molar-refractivity contribution in [3.05, 3.63) is 45.6 Å². The van der Waals surface area contributed by atoms with Gasteiger partial charge in [0.2, 0.25) is 5.88 Å². The number of benzene rings is 1. The van der Waals surface area contributed by atoms with E-state index in [-0.39, 0.29) is 12.5 Å². The number of nitrogens with one attached hydrogen (secondary N) is 1. The fraction of sp³-hybridized carbons (Fsp3) is 0.435. The van der Waals surface area contributed by atoms with E-state index < -0.39 is 0 Å². The van der Waals surface area contributed by atoms with Crippen molar-refractivity contribution in [2.45, 2.75) is 27.0 Å². The number of anilines is 1. The quantitative estimate of drug-likeness (QED) is 0.550. The predicted octanol–water partition coefficient (Wildman–Crippen LogP) is 4.26. The summed E-state index contributed by atoms with van der Waals surface area (Å²) in [5.41, 5.74) is 4.02. The van der Waals surface area contributed by atoms with Crippen molar-refractivity contribution in [2.75, 3.05) is 44.1 Å². The van der Waals surface area contributed by atoms with Gasteiger partial charge in [-0.1, -0.05) is 12.1 Å². The molecule has 9 heteroatoms. The van der Waals surface area contributed by atoms with Crippen LogP contribution < -0.4 is 10.1 Å². The SMILES string of the molecule is COCc1nc(OC)c2c(C)c(C(=O)Nc3cccc(CN4CCSCC4)c3C)sc2n1. The maximum atomic E-state index is 13.2. The molecule has 1 saturated heterocycles. The number of nitrogens with zero attached hydrogens (tertiary/aromatic N) is 3. The lowest BCUT2D eigenvalue weighted by Crippen LogP contribution is -2.32. The Morgan fingerprint density at radius 2 is 1.94 bits per heavy atom. The Bertz CT molecular complexity index is 1130. The van der Waals surface area contributed by atoms with Gasteiger partial charge in [-0.2, -0.15) is 16.7 Å². The van der Waals surface area contributed by atoms with Crippen molar-refractivity contribution in [2.24, 2.45) is 0 Å². The van der Waals surface area contributed by atoms with E-state index >= 15 is 0 Å². The molecule has 1 amide bonds. The summed E-state index contributed by atoms with van der Waals surface area (Å²) in [6, 6.07) is 6.12. The van der Waals surface area contributed by atoms with Gasteiger partial charge in [0.15, 0.2) is 5.82 Å². The normalized spacial score (nSPS) is 14.6. The monoisotopic (exact) mass is 472 g/mol. The number of aromatic nitrogens is 2. The number of hydrogen-bond donors (Lipinski definition) is 1.